The van der Waals surface area contributed by atoms with Crippen molar-refractivity contribution in [1.29, 1.82) is 0 Å². The summed E-state index contributed by atoms with van der Waals surface area (Å²) in [5.74, 6) is -0.256. The van der Waals surface area contributed by atoms with Gasteiger partial charge in [0.2, 0.25) is 0 Å². The van der Waals surface area contributed by atoms with Crippen LogP contribution in [0.3, 0.4) is 0 Å². The molecular formula is C14H20BrNO2. The van der Waals surface area contributed by atoms with Gasteiger partial charge < -0.3 is 10.5 Å². The molecule has 0 saturated heterocycles. The van der Waals surface area contributed by atoms with E-state index >= 15 is 0 Å². The van der Waals surface area contributed by atoms with Crippen LogP contribution in [0.15, 0.2) is 28.7 Å². The Hall–Kier alpha value is -0.870. The van der Waals surface area contributed by atoms with Gasteiger partial charge in [0.25, 0.3) is 0 Å². The average molecular weight is 314 g/mol. The first-order valence-electron chi connectivity index (χ1n) is 5.95. The fraction of sp³-hybridized carbons (Fsp3) is 0.500. The number of benzene rings is 1. The van der Waals surface area contributed by atoms with E-state index in [1.165, 1.54) is 0 Å². The van der Waals surface area contributed by atoms with Crippen molar-refractivity contribution in [2.75, 3.05) is 0 Å². The predicted molar refractivity (Wildman–Crippen MR) is 76.0 cm³/mol. The third-order valence-electron chi connectivity index (χ3n) is 2.85. The van der Waals surface area contributed by atoms with Crippen molar-refractivity contribution in [2.24, 2.45) is 11.1 Å². The summed E-state index contributed by atoms with van der Waals surface area (Å²) in [5, 5.41) is 0. The summed E-state index contributed by atoms with van der Waals surface area (Å²) in [5.41, 5.74) is 6.80. The molecule has 1 rings (SSSR count). The van der Waals surface area contributed by atoms with Crippen LogP contribution in [0, 0.1) is 5.41 Å². The van der Waals surface area contributed by atoms with Crippen LogP contribution in [0.5, 0.6) is 0 Å². The summed E-state index contributed by atoms with van der Waals surface area (Å²) in [6.45, 7) is 6.31. The fourth-order valence-corrected chi connectivity index (χ4v) is 1.72. The van der Waals surface area contributed by atoms with E-state index in [9.17, 15) is 4.79 Å². The number of nitrogens with two attached hydrogens (primary N) is 1. The highest BCUT2D eigenvalue weighted by Gasteiger charge is 2.23. The van der Waals surface area contributed by atoms with Crippen molar-refractivity contribution >= 4 is 21.9 Å². The highest BCUT2D eigenvalue weighted by Crippen LogP contribution is 2.21. The third kappa shape index (κ3) is 4.78. The van der Waals surface area contributed by atoms with Crippen LogP contribution < -0.4 is 5.73 Å². The van der Waals surface area contributed by atoms with Crippen LogP contribution in [-0.4, -0.2) is 12.0 Å². The first-order chi connectivity index (χ1) is 8.30. The van der Waals surface area contributed by atoms with Gasteiger partial charge in [-0.3, -0.25) is 4.79 Å². The molecule has 0 fully saturated rings. The van der Waals surface area contributed by atoms with Gasteiger partial charge in [-0.15, -0.1) is 0 Å². The molecule has 0 aliphatic carbocycles. The minimum atomic E-state index is -0.256. The van der Waals surface area contributed by atoms with Gasteiger partial charge >= 0.3 is 5.97 Å². The minimum Gasteiger partial charge on any atom is -0.461 e. The summed E-state index contributed by atoms with van der Waals surface area (Å²) in [6.07, 6.45) is 0.244. The largest absolute Gasteiger partial charge is 0.461 e. The SMILES string of the molecule is CC(C)(C)C(N)CC(=O)OCc1ccccc1Br. The van der Waals surface area contributed by atoms with E-state index in [0.29, 0.717) is 0 Å². The molecule has 0 saturated carbocycles. The van der Waals surface area contributed by atoms with E-state index in [-0.39, 0.29) is 30.5 Å². The van der Waals surface area contributed by atoms with Crippen LogP contribution in [0.4, 0.5) is 0 Å². The molecule has 1 aromatic rings. The van der Waals surface area contributed by atoms with Crippen molar-refractivity contribution < 1.29 is 9.53 Å². The fourth-order valence-electron chi connectivity index (χ4n) is 1.32. The topological polar surface area (TPSA) is 52.3 Å². The molecule has 18 heavy (non-hydrogen) atoms. The van der Waals surface area contributed by atoms with Gasteiger partial charge in [0.05, 0.1) is 6.42 Å². The summed E-state index contributed by atoms with van der Waals surface area (Å²) in [7, 11) is 0. The highest BCUT2D eigenvalue weighted by molar-refractivity contribution is 9.10. The van der Waals surface area contributed by atoms with E-state index in [1.54, 1.807) is 0 Å². The lowest BCUT2D eigenvalue weighted by molar-refractivity contribution is -0.146. The third-order valence-corrected chi connectivity index (χ3v) is 3.62. The first kappa shape index (κ1) is 15.2. The monoisotopic (exact) mass is 313 g/mol. The molecule has 1 aromatic carbocycles. The van der Waals surface area contributed by atoms with Crippen molar-refractivity contribution in [3.8, 4) is 0 Å². The molecule has 0 aliphatic rings. The minimum absolute atomic E-state index is 0.0909. The Morgan fingerprint density at radius 2 is 2.00 bits per heavy atom. The quantitative estimate of drug-likeness (QED) is 0.868. The van der Waals surface area contributed by atoms with Crippen molar-refractivity contribution in [3.63, 3.8) is 0 Å². The van der Waals surface area contributed by atoms with Gasteiger partial charge in [-0.05, 0) is 11.5 Å². The number of carbonyl (C=O) groups excluding carboxylic acids is 1. The number of ether oxygens (including phenoxy) is 1. The van der Waals surface area contributed by atoms with E-state index in [4.69, 9.17) is 10.5 Å². The Bertz CT molecular complexity index is 413. The van der Waals surface area contributed by atoms with Crippen LogP contribution in [0.2, 0.25) is 0 Å². The Labute approximate surface area is 117 Å². The second kappa shape index (κ2) is 6.34. The van der Waals surface area contributed by atoms with E-state index in [2.05, 4.69) is 15.9 Å². The summed E-state index contributed by atoms with van der Waals surface area (Å²) in [4.78, 5) is 11.7. The maximum Gasteiger partial charge on any atom is 0.307 e. The number of halogens is 1. The number of esters is 1. The molecule has 0 bridgehead atoms. The molecular weight excluding hydrogens is 294 g/mol. The van der Waals surface area contributed by atoms with Crippen molar-refractivity contribution in [3.05, 3.63) is 34.3 Å². The maximum atomic E-state index is 11.7. The van der Waals surface area contributed by atoms with E-state index in [1.807, 2.05) is 45.0 Å². The van der Waals surface area contributed by atoms with Gasteiger partial charge in [-0.25, -0.2) is 0 Å². The number of hydrogen-bond donors (Lipinski definition) is 1. The Morgan fingerprint density at radius 3 is 2.56 bits per heavy atom. The van der Waals surface area contributed by atoms with Gasteiger partial charge in [-0.2, -0.15) is 0 Å². The van der Waals surface area contributed by atoms with Gasteiger partial charge in [0, 0.05) is 16.1 Å². The lowest BCUT2D eigenvalue weighted by atomic mass is 9.85. The van der Waals surface area contributed by atoms with E-state index < -0.39 is 0 Å². The Balaban J connectivity index is 2.45. The molecule has 2 N–H and O–H groups in total. The molecule has 0 amide bonds. The van der Waals surface area contributed by atoms with Gasteiger partial charge in [0.1, 0.15) is 6.61 Å². The van der Waals surface area contributed by atoms with Crippen LogP contribution in [0.25, 0.3) is 0 Å². The Morgan fingerprint density at radius 1 is 1.39 bits per heavy atom. The summed E-state index contributed by atoms with van der Waals surface area (Å²) in [6, 6.07) is 7.48. The normalized spacial score (nSPS) is 13.2. The summed E-state index contributed by atoms with van der Waals surface area (Å²) >= 11 is 3.41. The van der Waals surface area contributed by atoms with Crippen molar-refractivity contribution in [1.82, 2.24) is 0 Å². The molecule has 0 radical (unpaired) electrons. The zero-order valence-corrected chi connectivity index (χ0v) is 12.7. The van der Waals surface area contributed by atoms with E-state index in [0.717, 1.165) is 10.0 Å². The Kier molecular flexibility index (Phi) is 5.35. The first-order valence-corrected chi connectivity index (χ1v) is 6.74. The highest BCUT2D eigenvalue weighted by atomic mass is 79.9. The zero-order valence-electron chi connectivity index (χ0n) is 11.1. The molecule has 1 atom stereocenters. The molecule has 0 aliphatic heterocycles. The molecule has 3 nitrogen and oxygen atoms in total. The zero-order chi connectivity index (χ0) is 13.8. The maximum absolute atomic E-state index is 11.7. The van der Waals surface area contributed by atoms with Crippen molar-refractivity contribution in [2.45, 2.75) is 39.8 Å². The van der Waals surface area contributed by atoms with Crippen LogP contribution in [0.1, 0.15) is 32.8 Å². The second-order valence-electron chi connectivity index (χ2n) is 5.43. The molecule has 0 aromatic heterocycles. The molecule has 4 heteroatoms. The lowest BCUT2D eigenvalue weighted by Gasteiger charge is -2.26. The predicted octanol–water partition coefficient (Wildman–Crippen LogP) is 3.26. The summed E-state index contributed by atoms with van der Waals surface area (Å²) < 4.78 is 6.17. The molecule has 0 heterocycles. The lowest BCUT2D eigenvalue weighted by Crippen LogP contribution is -2.37. The molecule has 100 valence electrons. The average Bonchev–Trinajstić information content (AvgIpc) is 2.26. The number of hydrogen-bond acceptors (Lipinski definition) is 3. The second-order valence-corrected chi connectivity index (χ2v) is 6.28. The van der Waals surface area contributed by atoms with Crippen LogP contribution >= 0.6 is 15.9 Å². The molecule has 1 unspecified atom stereocenters. The molecule has 0 spiro atoms. The number of rotatable bonds is 4. The van der Waals surface area contributed by atoms with Gasteiger partial charge in [-0.1, -0.05) is 54.9 Å². The standard InChI is InChI=1S/C14H20BrNO2/c1-14(2,3)12(16)8-13(17)18-9-10-6-4-5-7-11(10)15/h4-7,12H,8-9,16H2,1-3H3. The smallest absolute Gasteiger partial charge is 0.307 e. The van der Waals surface area contributed by atoms with Gasteiger partial charge in [0.15, 0.2) is 0 Å². The van der Waals surface area contributed by atoms with Crippen LogP contribution in [-0.2, 0) is 16.1 Å². The number of carbonyl (C=O) groups is 1.